The maximum absolute atomic E-state index is 13.3. The summed E-state index contributed by atoms with van der Waals surface area (Å²) in [5.74, 6) is -0.442. The lowest BCUT2D eigenvalue weighted by molar-refractivity contribution is 0.0884. The van der Waals surface area contributed by atoms with Crippen LogP contribution in [0.3, 0.4) is 0 Å². The van der Waals surface area contributed by atoms with Gasteiger partial charge in [0.1, 0.15) is 5.82 Å². The molecule has 3 N–H and O–H groups in total. The molecule has 0 aliphatic carbocycles. The highest BCUT2D eigenvalue weighted by atomic mass is 32.2. The molecule has 1 fully saturated rings. The Morgan fingerprint density at radius 2 is 2.24 bits per heavy atom. The van der Waals surface area contributed by atoms with E-state index in [1.807, 2.05) is 6.92 Å². The van der Waals surface area contributed by atoms with Crippen molar-refractivity contribution in [1.29, 1.82) is 0 Å². The van der Waals surface area contributed by atoms with Gasteiger partial charge >= 0.3 is 0 Å². The maximum atomic E-state index is 13.3. The molecular formula is C14H21FN2O3S. The van der Waals surface area contributed by atoms with Gasteiger partial charge in [0.25, 0.3) is 0 Å². The van der Waals surface area contributed by atoms with Crippen molar-refractivity contribution in [2.75, 3.05) is 13.2 Å². The van der Waals surface area contributed by atoms with Crippen LogP contribution in [-0.4, -0.2) is 27.7 Å². The van der Waals surface area contributed by atoms with Crippen molar-refractivity contribution in [1.82, 2.24) is 4.72 Å². The lowest BCUT2D eigenvalue weighted by Gasteiger charge is -2.18. The van der Waals surface area contributed by atoms with E-state index in [0.29, 0.717) is 18.7 Å². The third kappa shape index (κ3) is 3.79. The van der Waals surface area contributed by atoms with Gasteiger partial charge in [0, 0.05) is 25.6 Å². The predicted octanol–water partition coefficient (Wildman–Crippen LogP) is 1.38. The van der Waals surface area contributed by atoms with Crippen molar-refractivity contribution in [2.24, 2.45) is 11.7 Å². The first-order valence-electron chi connectivity index (χ1n) is 7.07. The number of sulfonamides is 1. The zero-order chi connectivity index (χ0) is 15.5. The van der Waals surface area contributed by atoms with Crippen LogP contribution in [0.4, 0.5) is 4.39 Å². The quantitative estimate of drug-likeness (QED) is 0.831. The van der Waals surface area contributed by atoms with Crippen LogP contribution in [0.1, 0.15) is 25.3 Å². The third-order valence-electron chi connectivity index (χ3n) is 3.82. The molecule has 21 heavy (non-hydrogen) atoms. The van der Waals surface area contributed by atoms with E-state index in [4.69, 9.17) is 10.5 Å². The van der Waals surface area contributed by atoms with E-state index in [2.05, 4.69) is 4.72 Å². The first-order valence-corrected chi connectivity index (χ1v) is 8.56. The van der Waals surface area contributed by atoms with Gasteiger partial charge < -0.3 is 10.5 Å². The number of halogens is 1. The van der Waals surface area contributed by atoms with Crippen molar-refractivity contribution in [3.8, 4) is 0 Å². The molecule has 2 unspecified atom stereocenters. The average Bonchev–Trinajstić information content (AvgIpc) is 2.92. The molecule has 2 atom stereocenters. The summed E-state index contributed by atoms with van der Waals surface area (Å²) in [6, 6.07) is 3.61. The molecule has 0 spiro atoms. The van der Waals surface area contributed by atoms with E-state index in [-0.39, 0.29) is 23.5 Å². The summed E-state index contributed by atoms with van der Waals surface area (Å²) in [5.41, 5.74) is 5.93. The van der Waals surface area contributed by atoms with Gasteiger partial charge in [-0.15, -0.1) is 0 Å². The third-order valence-corrected chi connectivity index (χ3v) is 5.33. The Kier molecular flexibility index (Phi) is 5.32. The van der Waals surface area contributed by atoms with Crippen LogP contribution in [0.2, 0.25) is 0 Å². The van der Waals surface area contributed by atoms with Crippen LogP contribution < -0.4 is 10.5 Å². The molecule has 2 rings (SSSR count). The van der Waals surface area contributed by atoms with Gasteiger partial charge in [0.05, 0.1) is 11.0 Å². The molecule has 0 aromatic heterocycles. The number of nitrogens with one attached hydrogen (secondary N) is 1. The largest absolute Gasteiger partial charge is 0.378 e. The van der Waals surface area contributed by atoms with E-state index < -0.39 is 15.8 Å². The second kappa shape index (κ2) is 6.83. The number of hydrogen-bond acceptors (Lipinski definition) is 4. The summed E-state index contributed by atoms with van der Waals surface area (Å²) in [4.78, 5) is -0.0861. The topological polar surface area (TPSA) is 81.4 Å². The smallest absolute Gasteiger partial charge is 0.241 e. The van der Waals surface area contributed by atoms with Crippen LogP contribution in [-0.2, 0) is 21.3 Å². The van der Waals surface area contributed by atoms with Crippen LogP contribution >= 0.6 is 0 Å². The van der Waals surface area contributed by atoms with Crippen molar-refractivity contribution < 1.29 is 17.5 Å². The highest BCUT2D eigenvalue weighted by Gasteiger charge is 2.28. The standard InChI is InChI=1S/C14H21FN2O3S/c1-2-13-11(5-6-20-13)9-17-21(18,19)14-7-12(15)4-3-10(14)8-16/h3-4,7,11,13,17H,2,5-6,8-9,16H2,1H3. The fraction of sp³-hybridized carbons (Fsp3) is 0.571. The zero-order valence-corrected chi connectivity index (χ0v) is 12.8. The van der Waals surface area contributed by atoms with Gasteiger partial charge in [0.15, 0.2) is 0 Å². The van der Waals surface area contributed by atoms with E-state index in [0.717, 1.165) is 18.9 Å². The molecular weight excluding hydrogens is 295 g/mol. The molecule has 1 aliphatic rings. The first-order chi connectivity index (χ1) is 9.97. The lowest BCUT2D eigenvalue weighted by atomic mass is 10.0. The molecule has 1 heterocycles. The van der Waals surface area contributed by atoms with Gasteiger partial charge in [-0.3, -0.25) is 0 Å². The number of ether oxygens (including phenoxy) is 1. The summed E-state index contributed by atoms with van der Waals surface area (Å²) in [6.07, 6.45) is 1.75. The summed E-state index contributed by atoms with van der Waals surface area (Å²) in [5, 5.41) is 0. The lowest BCUT2D eigenvalue weighted by Crippen LogP contribution is -2.33. The number of rotatable bonds is 6. The molecule has 5 nitrogen and oxygen atoms in total. The zero-order valence-electron chi connectivity index (χ0n) is 12.0. The molecule has 0 amide bonds. The van der Waals surface area contributed by atoms with Gasteiger partial charge in [0.2, 0.25) is 10.0 Å². The van der Waals surface area contributed by atoms with Crippen LogP contribution in [0.25, 0.3) is 0 Å². The SMILES string of the molecule is CCC1OCCC1CNS(=O)(=O)c1cc(F)ccc1CN. The van der Waals surface area contributed by atoms with Crippen molar-refractivity contribution in [3.05, 3.63) is 29.6 Å². The molecule has 1 aromatic rings. The van der Waals surface area contributed by atoms with Gasteiger partial charge in [-0.2, -0.15) is 0 Å². The van der Waals surface area contributed by atoms with Gasteiger partial charge in [-0.1, -0.05) is 13.0 Å². The number of hydrogen-bond donors (Lipinski definition) is 2. The number of benzene rings is 1. The van der Waals surface area contributed by atoms with Crippen LogP contribution in [0, 0.1) is 11.7 Å². The van der Waals surface area contributed by atoms with Gasteiger partial charge in [-0.05, 0) is 30.5 Å². The van der Waals surface area contributed by atoms with E-state index in [9.17, 15) is 12.8 Å². The molecule has 1 aromatic carbocycles. The van der Waals surface area contributed by atoms with Crippen molar-refractivity contribution >= 4 is 10.0 Å². The highest BCUT2D eigenvalue weighted by molar-refractivity contribution is 7.89. The minimum Gasteiger partial charge on any atom is -0.378 e. The van der Waals surface area contributed by atoms with Crippen LogP contribution in [0.5, 0.6) is 0 Å². The Morgan fingerprint density at radius 1 is 1.48 bits per heavy atom. The molecule has 7 heteroatoms. The highest BCUT2D eigenvalue weighted by Crippen LogP contribution is 2.24. The van der Waals surface area contributed by atoms with E-state index in [1.165, 1.54) is 12.1 Å². The predicted molar refractivity (Wildman–Crippen MR) is 77.6 cm³/mol. The minimum absolute atomic E-state index is 0.0423. The second-order valence-electron chi connectivity index (χ2n) is 5.17. The second-order valence-corrected chi connectivity index (χ2v) is 6.91. The monoisotopic (exact) mass is 316 g/mol. The fourth-order valence-electron chi connectivity index (χ4n) is 2.62. The number of nitrogens with two attached hydrogens (primary N) is 1. The molecule has 0 radical (unpaired) electrons. The Morgan fingerprint density at radius 3 is 2.90 bits per heavy atom. The summed E-state index contributed by atoms with van der Waals surface area (Å²) in [7, 11) is -3.77. The fourth-order valence-corrected chi connectivity index (χ4v) is 3.97. The van der Waals surface area contributed by atoms with E-state index >= 15 is 0 Å². The van der Waals surface area contributed by atoms with Crippen molar-refractivity contribution in [2.45, 2.75) is 37.3 Å². The normalized spacial score (nSPS) is 22.6. The van der Waals surface area contributed by atoms with Crippen LogP contribution in [0.15, 0.2) is 23.1 Å². The Bertz CT molecular complexity index is 592. The van der Waals surface area contributed by atoms with Gasteiger partial charge in [-0.25, -0.2) is 17.5 Å². The Balaban J connectivity index is 2.13. The molecule has 0 bridgehead atoms. The first kappa shape index (κ1) is 16.4. The Labute approximate surface area is 124 Å². The summed E-state index contributed by atoms with van der Waals surface area (Å²) < 4.78 is 46.1. The average molecular weight is 316 g/mol. The summed E-state index contributed by atoms with van der Waals surface area (Å²) >= 11 is 0. The molecule has 118 valence electrons. The van der Waals surface area contributed by atoms with Crippen molar-refractivity contribution in [3.63, 3.8) is 0 Å². The minimum atomic E-state index is -3.77. The molecule has 1 saturated heterocycles. The van der Waals surface area contributed by atoms with E-state index in [1.54, 1.807) is 0 Å². The molecule has 0 saturated carbocycles. The Hall–Kier alpha value is -1.02. The maximum Gasteiger partial charge on any atom is 0.241 e. The summed E-state index contributed by atoms with van der Waals surface area (Å²) in [6.45, 7) is 3.00. The molecule has 1 aliphatic heterocycles.